The molecule has 0 unspecified atom stereocenters. The van der Waals surface area contributed by atoms with E-state index in [2.05, 4.69) is 0 Å². The van der Waals surface area contributed by atoms with Crippen LogP contribution >= 0.6 is 0 Å². The summed E-state index contributed by atoms with van der Waals surface area (Å²) in [5.41, 5.74) is -1.03. The smallest absolute Gasteiger partial charge is 0.311 e. The van der Waals surface area contributed by atoms with Gasteiger partial charge in [0.1, 0.15) is 0 Å². The first-order valence-electron chi connectivity index (χ1n) is 9.62. The van der Waals surface area contributed by atoms with E-state index in [-0.39, 0.29) is 5.97 Å². The van der Waals surface area contributed by atoms with E-state index in [4.69, 9.17) is 14.6 Å². The zero-order valence-electron chi connectivity index (χ0n) is 16.9. The Morgan fingerprint density at radius 1 is 0.800 bits per heavy atom. The van der Waals surface area contributed by atoms with E-state index in [0.717, 1.165) is 58.2 Å². The number of carbonyl (C=O) groups is 2. The van der Waals surface area contributed by atoms with Gasteiger partial charge in [0.2, 0.25) is 0 Å². The van der Waals surface area contributed by atoms with Gasteiger partial charge in [0.15, 0.2) is 0 Å². The predicted molar refractivity (Wildman–Crippen MR) is 99.6 cm³/mol. The second-order valence-corrected chi connectivity index (χ2v) is 8.03. The van der Waals surface area contributed by atoms with Gasteiger partial charge in [-0.3, -0.25) is 9.59 Å². The van der Waals surface area contributed by atoms with Gasteiger partial charge in [0, 0.05) is 13.2 Å². The fourth-order valence-electron chi connectivity index (χ4n) is 2.53. The molecule has 0 aliphatic carbocycles. The van der Waals surface area contributed by atoms with Gasteiger partial charge >= 0.3 is 11.9 Å². The van der Waals surface area contributed by atoms with E-state index in [1.807, 2.05) is 20.8 Å². The van der Waals surface area contributed by atoms with E-state index in [1.165, 1.54) is 0 Å². The summed E-state index contributed by atoms with van der Waals surface area (Å²) in [6, 6.07) is 0. The van der Waals surface area contributed by atoms with Crippen molar-refractivity contribution in [2.45, 2.75) is 86.0 Å². The highest BCUT2D eigenvalue weighted by atomic mass is 16.5. The van der Waals surface area contributed by atoms with Crippen molar-refractivity contribution in [2.24, 2.45) is 10.8 Å². The monoisotopic (exact) mass is 358 g/mol. The molecule has 1 N–H and O–H groups in total. The van der Waals surface area contributed by atoms with Crippen LogP contribution in [0.25, 0.3) is 0 Å². The molecule has 0 spiro atoms. The van der Waals surface area contributed by atoms with Crippen molar-refractivity contribution in [3.05, 3.63) is 0 Å². The van der Waals surface area contributed by atoms with Crippen LogP contribution in [0.15, 0.2) is 0 Å². The average Bonchev–Trinajstić information content (AvgIpc) is 2.52. The molecule has 25 heavy (non-hydrogen) atoms. The van der Waals surface area contributed by atoms with Crippen LogP contribution in [0.2, 0.25) is 0 Å². The number of esters is 1. The summed E-state index contributed by atoms with van der Waals surface area (Å²) < 4.78 is 10.7. The first-order valence-corrected chi connectivity index (χ1v) is 9.62. The van der Waals surface area contributed by atoms with Crippen LogP contribution < -0.4 is 0 Å². The second-order valence-electron chi connectivity index (χ2n) is 8.03. The predicted octanol–water partition coefficient (Wildman–Crippen LogP) is 4.82. The van der Waals surface area contributed by atoms with Crippen molar-refractivity contribution in [3.63, 3.8) is 0 Å². The summed E-state index contributed by atoms with van der Waals surface area (Å²) in [6.45, 7) is 11.2. The van der Waals surface area contributed by atoms with E-state index in [1.54, 1.807) is 13.8 Å². The maximum atomic E-state index is 11.8. The molecule has 0 bridgehead atoms. The number of ether oxygens (including phenoxy) is 2. The van der Waals surface area contributed by atoms with Crippen molar-refractivity contribution >= 4 is 11.9 Å². The molecule has 0 aromatic rings. The van der Waals surface area contributed by atoms with Gasteiger partial charge in [-0.25, -0.2) is 0 Å². The number of rotatable bonds is 15. The zero-order valence-corrected chi connectivity index (χ0v) is 16.9. The molecule has 0 radical (unpaired) electrons. The third kappa shape index (κ3) is 11.2. The molecule has 148 valence electrons. The molecule has 0 aromatic carbocycles. The van der Waals surface area contributed by atoms with Crippen molar-refractivity contribution in [1.29, 1.82) is 0 Å². The lowest BCUT2D eigenvalue weighted by Gasteiger charge is -2.21. The Hall–Kier alpha value is -1.10. The van der Waals surface area contributed by atoms with E-state index in [9.17, 15) is 9.59 Å². The van der Waals surface area contributed by atoms with Crippen LogP contribution in [0.4, 0.5) is 0 Å². The summed E-state index contributed by atoms with van der Waals surface area (Å²) in [5, 5.41) is 9.04. The van der Waals surface area contributed by atoms with Crippen LogP contribution in [0.1, 0.15) is 86.0 Å². The molecular formula is C20H38O5. The summed E-state index contributed by atoms with van der Waals surface area (Å²) >= 11 is 0. The van der Waals surface area contributed by atoms with Crippen molar-refractivity contribution in [1.82, 2.24) is 0 Å². The first-order chi connectivity index (χ1) is 11.6. The Bertz CT molecular complexity index is 388. The number of unbranched alkanes of at least 4 members (excludes halogenated alkanes) is 4. The molecule has 5 heteroatoms. The number of carbonyl (C=O) groups excluding carboxylic acids is 1. The lowest BCUT2D eigenvalue weighted by Crippen LogP contribution is -2.26. The SMILES string of the molecule is CCOC(=O)C(C)(C)CCCCCOCCCCCC(C)(C)C(=O)O. The van der Waals surface area contributed by atoms with E-state index >= 15 is 0 Å². The highest BCUT2D eigenvalue weighted by Crippen LogP contribution is 2.25. The highest BCUT2D eigenvalue weighted by molar-refractivity contribution is 5.75. The fraction of sp³-hybridized carbons (Fsp3) is 0.900. The van der Waals surface area contributed by atoms with Crippen LogP contribution in [0.5, 0.6) is 0 Å². The maximum absolute atomic E-state index is 11.8. The van der Waals surface area contributed by atoms with Gasteiger partial charge in [-0.2, -0.15) is 0 Å². The van der Waals surface area contributed by atoms with Crippen LogP contribution in [-0.4, -0.2) is 36.9 Å². The molecule has 0 aromatic heterocycles. The quantitative estimate of drug-likeness (QED) is 0.335. The maximum Gasteiger partial charge on any atom is 0.311 e. The van der Waals surface area contributed by atoms with Gasteiger partial charge in [-0.1, -0.05) is 25.7 Å². The van der Waals surface area contributed by atoms with E-state index in [0.29, 0.717) is 13.0 Å². The molecule has 0 heterocycles. The fourth-order valence-corrected chi connectivity index (χ4v) is 2.53. The Morgan fingerprint density at radius 2 is 1.28 bits per heavy atom. The molecule has 0 rings (SSSR count). The van der Waals surface area contributed by atoms with Crippen molar-refractivity contribution in [3.8, 4) is 0 Å². The number of carboxylic acid groups (broad SMARTS) is 1. The molecule has 0 atom stereocenters. The number of hydrogen-bond acceptors (Lipinski definition) is 4. The summed E-state index contributed by atoms with van der Waals surface area (Å²) in [4.78, 5) is 22.8. The van der Waals surface area contributed by atoms with E-state index < -0.39 is 16.8 Å². The molecule has 0 aliphatic rings. The molecule has 0 amide bonds. The lowest BCUT2D eigenvalue weighted by atomic mass is 9.87. The molecule has 0 saturated carbocycles. The van der Waals surface area contributed by atoms with Gasteiger partial charge in [0.05, 0.1) is 17.4 Å². The highest BCUT2D eigenvalue weighted by Gasteiger charge is 2.28. The number of hydrogen-bond donors (Lipinski definition) is 1. The third-order valence-electron chi connectivity index (χ3n) is 4.59. The van der Waals surface area contributed by atoms with Gasteiger partial charge in [0.25, 0.3) is 0 Å². The van der Waals surface area contributed by atoms with Crippen molar-refractivity contribution in [2.75, 3.05) is 19.8 Å². The summed E-state index contributed by atoms with van der Waals surface area (Å²) in [7, 11) is 0. The normalized spacial score (nSPS) is 12.2. The van der Waals surface area contributed by atoms with Gasteiger partial charge in [-0.05, 0) is 60.3 Å². The second kappa shape index (κ2) is 12.3. The molecule has 5 nitrogen and oxygen atoms in total. The largest absolute Gasteiger partial charge is 0.481 e. The molecule has 0 fully saturated rings. The zero-order chi connectivity index (χ0) is 19.3. The number of carboxylic acids is 1. The Morgan fingerprint density at radius 3 is 1.72 bits per heavy atom. The molecule has 0 aliphatic heterocycles. The molecular weight excluding hydrogens is 320 g/mol. The topological polar surface area (TPSA) is 72.8 Å². The Kier molecular flexibility index (Phi) is 11.7. The summed E-state index contributed by atoms with van der Waals surface area (Å²) in [5.74, 6) is -0.841. The minimum absolute atomic E-state index is 0.114. The summed E-state index contributed by atoms with van der Waals surface area (Å²) in [6.07, 6.45) is 7.51. The Labute approximate surface area is 153 Å². The van der Waals surface area contributed by atoms with Crippen LogP contribution in [-0.2, 0) is 19.1 Å². The average molecular weight is 359 g/mol. The lowest BCUT2D eigenvalue weighted by molar-refractivity contribution is -0.153. The Balaban J connectivity index is 3.51. The standard InChI is InChI=1S/C20H38O5/c1-6-25-18(23)20(4,5)14-10-8-12-16-24-15-11-7-9-13-19(2,3)17(21)22/h6-16H2,1-5H3,(H,21,22). The minimum Gasteiger partial charge on any atom is -0.481 e. The first kappa shape index (κ1) is 23.9. The van der Waals surface area contributed by atoms with Crippen LogP contribution in [0.3, 0.4) is 0 Å². The van der Waals surface area contributed by atoms with Crippen molar-refractivity contribution < 1.29 is 24.2 Å². The van der Waals surface area contributed by atoms with Gasteiger partial charge < -0.3 is 14.6 Å². The third-order valence-corrected chi connectivity index (χ3v) is 4.59. The van der Waals surface area contributed by atoms with Gasteiger partial charge in [-0.15, -0.1) is 0 Å². The minimum atomic E-state index is -0.727. The number of aliphatic carboxylic acids is 1. The molecule has 0 saturated heterocycles. The van der Waals surface area contributed by atoms with Crippen LogP contribution in [0, 0.1) is 10.8 Å².